The molecule has 27 heavy (non-hydrogen) atoms. The predicted octanol–water partition coefficient (Wildman–Crippen LogP) is 4.88. The van der Waals surface area contributed by atoms with E-state index in [1.165, 1.54) is 16.7 Å². The molecule has 0 unspecified atom stereocenters. The lowest BCUT2D eigenvalue weighted by atomic mass is 9.90. The van der Waals surface area contributed by atoms with Crippen LogP contribution in [0.25, 0.3) is 0 Å². The largest absolute Gasteiger partial charge is 0.308 e. The Bertz CT molecular complexity index is 730. The fourth-order valence-corrected chi connectivity index (χ4v) is 3.45. The van der Waals surface area contributed by atoms with E-state index in [-0.39, 0.29) is 0 Å². The zero-order valence-electron chi connectivity index (χ0n) is 16.5. The molecule has 0 aliphatic carbocycles. The van der Waals surface area contributed by atoms with Crippen LogP contribution in [-0.2, 0) is 6.54 Å². The molecule has 0 spiro atoms. The van der Waals surface area contributed by atoms with Gasteiger partial charge >= 0.3 is 0 Å². The molecule has 0 fully saturated rings. The first-order valence-electron chi connectivity index (χ1n) is 9.73. The van der Waals surface area contributed by atoms with Crippen molar-refractivity contribution < 1.29 is 0 Å². The first-order valence-corrected chi connectivity index (χ1v) is 9.73. The highest BCUT2D eigenvalue weighted by molar-refractivity contribution is 5.33. The van der Waals surface area contributed by atoms with Gasteiger partial charge in [-0.3, -0.25) is 4.90 Å². The van der Waals surface area contributed by atoms with Crippen LogP contribution in [0.15, 0.2) is 91.0 Å². The molecule has 0 saturated heterocycles. The van der Waals surface area contributed by atoms with Crippen LogP contribution in [0.1, 0.15) is 22.6 Å². The molecule has 0 amide bonds. The minimum absolute atomic E-state index is 0.373. The molecule has 0 aliphatic rings. The fourth-order valence-electron chi connectivity index (χ4n) is 3.45. The highest BCUT2D eigenvalue weighted by Crippen LogP contribution is 2.26. The Balaban J connectivity index is 1.84. The molecule has 3 rings (SSSR count). The third-order valence-electron chi connectivity index (χ3n) is 4.96. The van der Waals surface area contributed by atoms with Crippen molar-refractivity contribution in [3.05, 3.63) is 108 Å². The second-order valence-electron chi connectivity index (χ2n) is 7.40. The first kappa shape index (κ1) is 19.3. The van der Waals surface area contributed by atoms with E-state index in [4.69, 9.17) is 0 Å². The van der Waals surface area contributed by atoms with Gasteiger partial charge in [0.25, 0.3) is 0 Å². The second-order valence-corrected chi connectivity index (χ2v) is 7.40. The van der Waals surface area contributed by atoms with Crippen molar-refractivity contribution in [2.75, 3.05) is 33.7 Å². The summed E-state index contributed by atoms with van der Waals surface area (Å²) in [5.74, 6) is 0.373. The monoisotopic (exact) mass is 358 g/mol. The van der Waals surface area contributed by atoms with Crippen LogP contribution in [0.2, 0.25) is 0 Å². The molecule has 3 aromatic carbocycles. The highest BCUT2D eigenvalue weighted by atomic mass is 15.2. The molecule has 2 heteroatoms. The summed E-state index contributed by atoms with van der Waals surface area (Å²) in [5.41, 5.74) is 4.13. The van der Waals surface area contributed by atoms with Crippen LogP contribution in [0.3, 0.4) is 0 Å². The SMILES string of the molecule is CN(C)CCN(Cc1ccccc1)CC(c1ccccc1)c1ccccc1. The Labute approximate surface area is 164 Å². The van der Waals surface area contributed by atoms with Crippen molar-refractivity contribution in [3.63, 3.8) is 0 Å². The Kier molecular flexibility index (Phi) is 7.20. The third kappa shape index (κ3) is 6.06. The average molecular weight is 359 g/mol. The average Bonchev–Trinajstić information content (AvgIpc) is 2.72. The molecule has 0 aromatic heterocycles. The number of hydrogen-bond acceptors (Lipinski definition) is 2. The van der Waals surface area contributed by atoms with E-state index >= 15 is 0 Å². The van der Waals surface area contributed by atoms with Crippen molar-refractivity contribution in [1.82, 2.24) is 9.80 Å². The van der Waals surface area contributed by atoms with Crippen LogP contribution >= 0.6 is 0 Å². The normalized spacial score (nSPS) is 11.4. The number of nitrogens with zero attached hydrogens (tertiary/aromatic N) is 2. The molecule has 0 atom stereocenters. The first-order chi connectivity index (χ1) is 13.2. The van der Waals surface area contributed by atoms with Crippen molar-refractivity contribution in [3.8, 4) is 0 Å². The zero-order chi connectivity index (χ0) is 18.9. The van der Waals surface area contributed by atoms with Gasteiger partial charge in [0, 0.05) is 32.1 Å². The Morgan fingerprint density at radius 2 is 1.11 bits per heavy atom. The second kappa shape index (κ2) is 10.1. The summed E-state index contributed by atoms with van der Waals surface area (Å²) in [6.07, 6.45) is 0. The van der Waals surface area contributed by atoms with Gasteiger partial charge in [0.05, 0.1) is 0 Å². The smallest absolute Gasteiger partial charge is 0.0234 e. The van der Waals surface area contributed by atoms with Crippen LogP contribution in [0, 0.1) is 0 Å². The van der Waals surface area contributed by atoms with Crippen LogP contribution < -0.4 is 0 Å². The lowest BCUT2D eigenvalue weighted by molar-refractivity contribution is 0.227. The van der Waals surface area contributed by atoms with Gasteiger partial charge in [-0.2, -0.15) is 0 Å². The minimum Gasteiger partial charge on any atom is -0.308 e. The van der Waals surface area contributed by atoms with Gasteiger partial charge < -0.3 is 4.90 Å². The van der Waals surface area contributed by atoms with Crippen molar-refractivity contribution in [1.29, 1.82) is 0 Å². The summed E-state index contributed by atoms with van der Waals surface area (Å²) in [6, 6.07) is 32.6. The Morgan fingerprint density at radius 3 is 1.59 bits per heavy atom. The van der Waals surface area contributed by atoms with E-state index in [0.717, 1.165) is 26.2 Å². The summed E-state index contributed by atoms with van der Waals surface area (Å²) in [7, 11) is 4.29. The molecular formula is C25H30N2. The summed E-state index contributed by atoms with van der Waals surface area (Å²) < 4.78 is 0. The molecule has 0 heterocycles. The zero-order valence-corrected chi connectivity index (χ0v) is 16.5. The standard InChI is InChI=1S/C25H30N2/c1-26(2)18-19-27(20-22-12-6-3-7-13-22)21-25(23-14-8-4-9-15-23)24-16-10-5-11-17-24/h3-17,25H,18-21H2,1-2H3. The van der Waals surface area contributed by atoms with E-state index in [9.17, 15) is 0 Å². The third-order valence-corrected chi connectivity index (χ3v) is 4.96. The van der Waals surface area contributed by atoms with Crippen LogP contribution in [-0.4, -0.2) is 43.5 Å². The molecule has 0 radical (unpaired) electrons. The van der Waals surface area contributed by atoms with E-state index in [1.807, 2.05) is 0 Å². The maximum absolute atomic E-state index is 2.58. The molecule has 3 aromatic rings. The van der Waals surface area contributed by atoms with Gasteiger partial charge in [0.15, 0.2) is 0 Å². The Hall–Kier alpha value is -2.42. The minimum atomic E-state index is 0.373. The van der Waals surface area contributed by atoms with Gasteiger partial charge in [0.2, 0.25) is 0 Å². The van der Waals surface area contributed by atoms with Gasteiger partial charge in [-0.05, 0) is 30.8 Å². The van der Waals surface area contributed by atoms with Gasteiger partial charge in [0.1, 0.15) is 0 Å². The van der Waals surface area contributed by atoms with Gasteiger partial charge in [-0.15, -0.1) is 0 Å². The van der Waals surface area contributed by atoms with E-state index in [2.05, 4.69) is 115 Å². The molecule has 0 aliphatic heterocycles. The quantitative estimate of drug-likeness (QED) is 0.538. The van der Waals surface area contributed by atoms with Gasteiger partial charge in [-0.1, -0.05) is 91.0 Å². The Morgan fingerprint density at radius 1 is 0.630 bits per heavy atom. The molecule has 2 nitrogen and oxygen atoms in total. The summed E-state index contributed by atoms with van der Waals surface area (Å²) >= 11 is 0. The number of benzene rings is 3. The lowest BCUT2D eigenvalue weighted by Crippen LogP contribution is -2.34. The summed E-state index contributed by atoms with van der Waals surface area (Å²) in [6.45, 7) is 4.10. The molecule has 0 N–H and O–H groups in total. The van der Waals surface area contributed by atoms with Crippen LogP contribution in [0.5, 0.6) is 0 Å². The number of rotatable bonds is 9. The number of likely N-dealkylation sites (N-methyl/N-ethyl adjacent to an activating group) is 1. The predicted molar refractivity (Wildman–Crippen MR) is 115 cm³/mol. The molecule has 0 saturated carbocycles. The van der Waals surface area contributed by atoms with E-state index < -0.39 is 0 Å². The summed E-state index contributed by atoms with van der Waals surface area (Å²) in [5, 5.41) is 0. The van der Waals surface area contributed by atoms with E-state index in [1.54, 1.807) is 0 Å². The molecule has 140 valence electrons. The maximum atomic E-state index is 2.58. The number of hydrogen-bond donors (Lipinski definition) is 0. The van der Waals surface area contributed by atoms with E-state index in [0.29, 0.717) is 5.92 Å². The topological polar surface area (TPSA) is 6.48 Å². The highest BCUT2D eigenvalue weighted by Gasteiger charge is 2.18. The van der Waals surface area contributed by atoms with Crippen molar-refractivity contribution in [2.24, 2.45) is 0 Å². The lowest BCUT2D eigenvalue weighted by Gasteiger charge is -2.29. The summed E-state index contributed by atoms with van der Waals surface area (Å²) in [4.78, 5) is 4.85. The van der Waals surface area contributed by atoms with Crippen LogP contribution in [0.4, 0.5) is 0 Å². The maximum Gasteiger partial charge on any atom is 0.0234 e. The van der Waals surface area contributed by atoms with Gasteiger partial charge in [-0.25, -0.2) is 0 Å². The molecular weight excluding hydrogens is 328 g/mol. The molecule has 0 bridgehead atoms. The fraction of sp³-hybridized carbons (Fsp3) is 0.280. The van der Waals surface area contributed by atoms with Crippen molar-refractivity contribution >= 4 is 0 Å². The van der Waals surface area contributed by atoms with Crippen molar-refractivity contribution in [2.45, 2.75) is 12.5 Å².